The first kappa shape index (κ1) is 9.25. The van der Waals surface area contributed by atoms with Crippen molar-refractivity contribution in [2.45, 2.75) is 26.2 Å². The number of aryl methyl sites for hydroxylation is 2. The van der Waals surface area contributed by atoms with Gasteiger partial charge >= 0.3 is 5.97 Å². The molecular weight excluding hydrogens is 176 g/mol. The largest absolute Gasteiger partial charge is 0.481 e. The highest BCUT2D eigenvalue weighted by atomic mass is 16.4. The summed E-state index contributed by atoms with van der Waals surface area (Å²) in [6.45, 7) is 4.10. The predicted molar refractivity (Wildman–Crippen MR) is 54.4 cm³/mol. The van der Waals surface area contributed by atoms with Gasteiger partial charge in [0.15, 0.2) is 0 Å². The molecule has 74 valence electrons. The minimum Gasteiger partial charge on any atom is -0.481 e. The molecule has 0 bridgehead atoms. The highest BCUT2D eigenvalue weighted by Crippen LogP contribution is 2.47. The summed E-state index contributed by atoms with van der Waals surface area (Å²) in [7, 11) is 0. The average Bonchev–Trinajstić information content (AvgIpc) is 2.79. The number of carbonyl (C=O) groups is 1. The zero-order valence-corrected chi connectivity index (χ0v) is 8.45. The third kappa shape index (κ3) is 1.65. The number of rotatable bonds is 2. The number of carboxylic acid groups (broad SMARTS) is 1. The number of carboxylic acids is 1. The highest BCUT2D eigenvalue weighted by molar-refractivity contribution is 5.75. The van der Waals surface area contributed by atoms with Gasteiger partial charge in [-0.15, -0.1) is 0 Å². The van der Waals surface area contributed by atoms with Gasteiger partial charge in [0.2, 0.25) is 0 Å². The summed E-state index contributed by atoms with van der Waals surface area (Å²) in [5, 5.41) is 8.82. The molecule has 0 aromatic heterocycles. The standard InChI is InChI=1S/C12H14O2/c1-7-3-8(2)5-9(4-7)10-6-11(10)12(13)14/h3-5,10-11H,6H2,1-2H3,(H,13,14)/t10-,11-/m1/s1. The molecule has 1 aliphatic carbocycles. The number of benzene rings is 1. The molecule has 0 aliphatic heterocycles. The van der Waals surface area contributed by atoms with Crippen molar-refractivity contribution in [1.29, 1.82) is 0 Å². The Balaban J connectivity index is 2.23. The molecule has 0 spiro atoms. The lowest BCUT2D eigenvalue weighted by Gasteiger charge is -2.03. The zero-order chi connectivity index (χ0) is 10.3. The van der Waals surface area contributed by atoms with Gasteiger partial charge in [-0.2, -0.15) is 0 Å². The van der Waals surface area contributed by atoms with Gasteiger partial charge in [0, 0.05) is 0 Å². The first-order valence-corrected chi connectivity index (χ1v) is 4.89. The van der Waals surface area contributed by atoms with Crippen LogP contribution in [0.5, 0.6) is 0 Å². The average molecular weight is 190 g/mol. The molecule has 0 heterocycles. The van der Waals surface area contributed by atoms with Gasteiger partial charge in [-0.25, -0.2) is 0 Å². The van der Waals surface area contributed by atoms with E-state index >= 15 is 0 Å². The van der Waals surface area contributed by atoms with E-state index < -0.39 is 5.97 Å². The second-order valence-electron chi connectivity index (χ2n) is 4.21. The Morgan fingerprint density at radius 2 is 1.86 bits per heavy atom. The van der Waals surface area contributed by atoms with Gasteiger partial charge < -0.3 is 5.11 Å². The van der Waals surface area contributed by atoms with Crippen LogP contribution >= 0.6 is 0 Å². The first-order valence-electron chi connectivity index (χ1n) is 4.89. The van der Waals surface area contributed by atoms with Crippen LogP contribution in [0.15, 0.2) is 18.2 Å². The summed E-state index contributed by atoms with van der Waals surface area (Å²) in [6.07, 6.45) is 0.804. The van der Waals surface area contributed by atoms with Gasteiger partial charge in [0.25, 0.3) is 0 Å². The summed E-state index contributed by atoms with van der Waals surface area (Å²) in [5.74, 6) is -0.545. The molecule has 0 unspecified atom stereocenters. The van der Waals surface area contributed by atoms with E-state index in [1.165, 1.54) is 16.7 Å². The molecule has 1 N–H and O–H groups in total. The van der Waals surface area contributed by atoms with Gasteiger partial charge in [-0.1, -0.05) is 29.3 Å². The number of hydrogen-bond donors (Lipinski definition) is 1. The quantitative estimate of drug-likeness (QED) is 0.778. The Labute approximate surface area is 83.6 Å². The Kier molecular flexibility index (Phi) is 2.06. The van der Waals surface area contributed by atoms with E-state index in [0.29, 0.717) is 0 Å². The summed E-state index contributed by atoms with van der Waals surface area (Å²) >= 11 is 0. The number of hydrogen-bond acceptors (Lipinski definition) is 1. The molecule has 0 saturated heterocycles. The summed E-state index contributed by atoms with van der Waals surface area (Å²) in [6, 6.07) is 6.31. The maximum atomic E-state index is 10.7. The van der Waals surface area contributed by atoms with Crippen molar-refractivity contribution in [2.24, 2.45) is 5.92 Å². The van der Waals surface area contributed by atoms with E-state index in [1.807, 2.05) is 0 Å². The lowest BCUT2D eigenvalue weighted by Crippen LogP contribution is -1.99. The molecule has 1 saturated carbocycles. The summed E-state index contributed by atoms with van der Waals surface area (Å²) < 4.78 is 0. The van der Waals surface area contributed by atoms with Crippen LogP contribution in [0, 0.1) is 19.8 Å². The molecule has 2 heteroatoms. The van der Waals surface area contributed by atoms with E-state index in [4.69, 9.17) is 5.11 Å². The van der Waals surface area contributed by atoms with Crippen molar-refractivity contribution in [1.82, 2.24) is 0 Å². The van der Waals surface area contributed by atoms with Crippen LogP contribution in [0.1, 0.15) is 29.0 Å². The predicted octanol–water partition coefficient (Wildman–Crippen LogP) is 2.49. The molecule has 1 aliphatic rings. The minimum absolute atomic E-state index is 0.142. The van der Waals surface area contributed by atoms with E-state index in [-0.39, 0.29) is 11.8 Å². The van der Waals surface area contributed by atoms with Crippen LogP contribution in [0.2, 0.25) is 0 Å². The molecule has 2 rings (SSSR count). The fraction of sp³-hybridized carbons (Fsp3) is 0.417. The van der Waals surface area contributed by atoms with Crippen LogP contribution in [-0.4, -0.2) is 11.1 Å². The SMILES string of the molecule is Cc1cc(C)cc([C@H]2C[C@H]2C(=O)O)c1. The van der Waals surface area contributed by atoms with Crippen LogP contribution < -0.4 is 0 Å². The fourth-order valence-corrected chi connectivity index (χ4v) is 2.06. The van der Waals surface area contributed by atoms with Crippen LogP contribution in [0.4, 0.5) is 0 Å². The van der Waals surface area contributed by atoms with Crippen molar-refractivity contribution >= 4 is 5.97 Å². The minimum atomic E-state index is -0.658. The van der Waals surface area contributed by atoms with Gasteiger partial charge in [-0.05, 0) is 31.7 Å². The Bertz CT molecular complexity index is 362. The van der Waals surface area contributed by atoms with Crippen LogP contribution in [0.3, 0.4) is 0 Å². The third-order valence-electron chi connectivity index (χ3n) is 2.78. The molecule has 2 atom stereocenters. The van der Waals surface area contributed by atoms with Gasteiger partial charge in [0.1, 0.15) is 0 Å². The second-order valence-corrected chi connectivity index (χ2v) is 4.21. The second kappa shape index (κ2) is 3.12. The monoisotopic (exact) mass is 190 g/mol. The molecule has 0 amide bonds. The lowest BCUT2D eigenvalue weighted by molar-refractivity contribution is -0.138. The fourth-order valence-electron chi connectivity index (χ4n) is 2.06. The molecule has 1 fully saturated rings. The highest BCUT2D eigenvalue weighted by Gasteiger charge is 2.44. The Morgan fingerprint density at radius 1 is 1.29 bits per heavy atom. The topological polar surface area (TPSA) is 37.3 Å². The van der Waals surface area contributed by atoms with Crippen LogP contribution in [0.25, 0.3) is 0 Å². The first-order chi connectivity index (χ1) is 6.58. The van der Waals surface area contributed by atoms with E-state index in [1.54, 1.807) is 0 Å². The summed E-state index contributed by atoms with van der Waals surface area (Å²) in [4.78, 5) is 10.7. The summed E-state index contributed by atoms with van der Waals surface area (Å²) in [5.41, 5.74) is 3.63. The number of aliphatic carboxylic acids is 1. The smallest absolute Gasteiger partial charge is 0.307 e. The molecule has 0 radical (unpaired) electrons. The van der Waals surface area contributed by atoms with Crippen molar-refractivity contribution < 1.29 is 9.90 Å². The zero-order valence-electron chi connectivity index (χ0n) is 8.45. The maximum Gasteiger partial charge on any atom is 0.307 e. The van der Waals surface area contributed by atoms with Crippen molar-refractivity contribution in [3.63, 3.8) is 0 Å². The molecular formula is C12H14O2. The lowest BCUT2D eigenvalue weighted by atomic mass is 10.0. The van der Waals surface area contributed by atoms with E-state index in [9.17, 15) is 4.79 Å². The van der Waals surface area contributed by atoms with Crippen molar-refractivity contribution in [2.75, 3.05) is 0 Å². The third-order valence-corrected chi connectivity index (χ3v) is 2.78. The van der Waals surface area contributed by atoms with Gasteiger partial charge in [-0.3, -0.25) is 4.79 Å². The molecule has 14 heavy (non-hydrogen) atoms. The van der Waals surface area contributed by atoms with E-state index in [2.05, 4.69) is 32.0 Å². The Hall–Kier alpha value is -1.31. The molecule has 1 aromatic rings. The van der Waals surface area contributed by atoms with Gasteiger partial charge in [0.05, 0.1) is 5.92 Å². The normalized spacial score (nSPS) is 24.7. The molecule has 2 nitrogen and oxygen atoms in total. The van der Waals surface area contributed by atoms with Crippen LogP contribution in [-0.2, 0) is 4.79 Å². The maximum absolute atomic E-state index is 10.7. The van der Waals surface area contributed by atoms with Crippen molar-refractivity contribution in [3.8, 4) is 0 Å². The molecule has 1 aromatic carbocycles. The Morgan fingerprint density at radius 3 is 2.29 bits per heavy atom. The van der Waals surface area contributed by atoms with E-state index in [0.717, 1.165) is 6.42 Å². The van der Waals surface area contributed by atoms with Crippen molar-refractivity contribution in [3.05, 3.63) is 34.9 Å².